The molecule has 0 saturated carbocycles. The number of nitrogens with zero attached hydrogens (tertiary/aromatic N) is 2. The summed E-state index contributed by atoms with van der Waals surface area (Å²) in [5.41, 5.74) is 2.37. The highest BCUT2D eigenvalue weighted by Gasteiger charge is 2.22. The predicted octanol–water partition coefficient (Wildman–Crippen LogP) is 4.91. The molecule has 2 heterocycles. The summed E-state index contributed by atoms with van der Waals surface area (Å²) in [6, 6.07) is 10.3. The van der Waals surface area contributed by atoms with E-state index in [1.54, 1.807) is 12.1 Å². The molecule has 2 aromatic carbocycles. The minimum absolute atomic E-state index is 0.0216. The number of rotatable bonds is 11. The standard InChI is InChI=1S/C35H32N4O7/c1-3-39(4-2)25-15-13-23-18-26(35(44)46-30(23)20-25)33-38-27-19-24(14-16-29(27)45-33)32(41)37-28(34(42)43)21-36-31(40)17-12-22-10-8-6-5-7-9-11-22/h5-20,28H,3-4,21H2,1-2H3,(H,36,40)(H,37,41)(H,42,43)/b6-5+,7-5?,8-6?,9-7-,10-8-,11-9?,17-12+,22-10?,22-11-. The normalized spacial score (nSPS) is 16.6. The summed E-state index contributed by atoms with van der Waals surface area (Å²) in [6.07, 6.45) is 15.7. The van der Waals surface area contributed by atoms with Crippen LogP contribution in [0.3, 0.4) is 0 Å². The highest BCUT2D eigenvalue weighted by molar-refractivity contribution is 5.99. The van der Waals surface area contributed by atoms with Crippen LogP contribution in [0.4, 0.5) is 5.69 Å². The van der Waals surface area contributed by atoms with Crippen LogP contribution >= 0.6 is 0 Å². The number of fused-ring (bicyclic) bond motifs is 2. The molecule has 0 bridgehead atoms. The van der Waals surface area contributed by atoms with Gasteiger partial charge in [0.25, 0.3) is 5.91 Å². The van der Waals surface area contributed by atoms with Gasteiger partial charge in [0.2, 0.25) is 11.8 Å². The Kier molecular flexibility index (Phi) is 9.72. The number of nitrogens with one attached hydrogen (secondary N) is 2. The second-order valence-electron chi connectivity index (χ2n) is 10.3. The van der Waals surface area contributed by atoms with E-state index in [0.29, 0.717) is 16.6 Å². The number of carbonyl (C=O) groups is 3. The number of anilines is 1. The summed E-state index contributed by atoms with van der Waals surface area (Å²) in [6.45, 7) is 5.38. The number of aliphatic carboxylic acids is 1. The van der Waals surface area contributed by atoms with E-state index >= 15 is 0 Å². The Labute approximate surface area is 263 Å². The number of hydrogen-bond acceptors (Lipinski definition) is 8. The molecule has 2 amide bonds. The van der Waals surface area contributed by atoms with Gasteiger partial charge in [0.15, 0.2) is 5.58 Å². The fourth-order valence-corrected chi connectivity index (χ4v) is 4.79. The Morgan fingerprint density at radius 1 is 0.957 bits per heavy atom. The van der Waals surface area contributed by atoms with Crippen molar-refractivity contribution in [1.29, 1.82) is 0 Å². The zero-order valence-corrected chi connectivity index (χ0v) is 25.2. The van der Waals surface area contributed by atoms with E-state index in [1.807, 2.05) is 74.6 Å². The van der Waals surface area contributed by atoms with Crippen molar-refractivity contribution in [2.45, 2.75) is 19.9 Å². The molecular formula is C35H32N4O7. The lowest BCUT2D eigenvalue weighted by Crippen LogP contribution is -2.48. The number of hydrogen-bond donors (Lipinski definition) is 3. The number of allylic oxidation sites excluding steroid dienone is 9. The molecule has 0 spiro atoms. The molecule has 234 valence electrons. The number of benzene rings is 2. The zero-order valence-electron chi connectivity index (χ0n) is 25.2. The van der Waals surface area contributed by atoms with Crippen LogP contribution in [-0.2, 0) is 9.59 Å². The number of carbonyl (C=O) groups excluding carboxylic acids is 2. The topological polar surface area (TPSA) is 155 Å². The van der Waals surface area contributed by atoms with Crippen molar-refractivity contribution in [2.24, 2.45) is 0 Å². The van der Waals surface area contributed by atoms with Crippen LogP contribution in [-0.4, -0.2) is 53.6 Å². The van der Waals surface area contributed by atoms with Crippen molar-refractivity contribution in [2.75, 3.05) is 24.5 Å². The smallest absolute Gasteiger partial charge is 0.349 e. The molecule has 1 aliphatic rings. The molecule has 0 fully saturated rings. The molecule has 1 unspecified atom stereocenters. The fraction of sp³-hybridized carbons (Fsp3) is 0.171. The Morgan fingerprint density at radius 2 is 1.74 bits per heavy atom. The maximum atomic E-state index is 13.0. The molecule has 0 aliphatic heterocycles. The minimum Gasteiger partial charge on any atom is -0.480 e. The van der Waals surface area contributed by atoms with E-state index in [2.05, 4.69) is 20.5 Å². The molecule has 1 atom stereocenters. The van der Waals surface area contributed by atoms with Gasteiger partial charge in [-0.15, -0.1) is 0 Å². The molecule has 0 radical (unpaired) electrons. The average molecular weight is 621 g/mol. The van der Waals surface area contributed by atoms with Crippen molar-refractivity contribution in [1.82, 2.24) is 15.6 Å². The van der Waals surface area contributed by atoms with Gasteiger partial charge >= 0.3 is 11.6 Å². The van der Waals surface area contributed by atoms with E-state index in [1.165, 1.54) is 24.3 Å². The lowest BCUT2D eigenvalue weighted by Gasteiger charge is -2.20. The first-order valence-corrected chi connectivity index (χ1v) is 14.7. The first-order chi connectivity index (χ1) is 22.2. The predicted molar refractivity (Wildman–Crippen MR) is 176 cm³/mol. The molecule has 0 saturated heterocycles. The van der Waals surface area contributed by atoms with Crippen LogP contribution in [0.1, 0.15) is 24.2 Å². The largest absolute Gasteiger partial charge is 0.480 e. The zero-order chi connectivity index (χ0) is 32.6. The van der Waals surface area contributed by atoms with Crippen LogP contribution in [0.2, 0.25) is 0 Å². The van der Waals surface area contributed by atoms with E-state index in [0.717, 1.165) is 24.4 Å². The van der Waals surface area contributed by atoms with Crippen LogP contribution in [0.5, 0.6) is 0 Å². The Hall–Kier alpha value is -5.97. The van der Waals surface area contributed by atoms with Crippen LogP contribution in [0.15, 0.2) is 116 Å². The second kappa shape index (κ2) is 14.2. The fourth-order valence-electron chi connectivity index (χ4n) is 4.79. The Bertz CT molecular complexity index is 2010. The maximum absolute atomic E-state index is 13.0. The van der Waals surface area contributed by atoms with Gasteiger partial charge in [0.1, 0.15) is 22.7 Å². The van der Waals surface area contributed by atoms with E-state index in [-0.39, 0.29) is 29.1 Å². The minimum atomic E-state index is -1.40. The Balaban J connectivity index is 1.28. The molecule has 11 heteroatoms. The summed E-state index contributed by atoms with van der Waals surface area (Å²) in [5, 5.41) is 15.3. The highest BCUT2D eigenvalue weighted by atomic mass is 16.4. The maximum Gasteiger partial charge on any atom is 0.349 e. The molecule has 5 rings (SSSR count). The van der Waals surface area contributed by atoms with E-state index in [9.17, 15) is 24.3 Å². The van der Waals surface area contributed by atoms with Gasteiger partial charge in [-0.05, 0) is 61.9 Å². The van der Waals surface area contributed by atoms with Gasteiger partial charge in [-0.3, -0.25) is 9.59 Å². The van der Waals surface area contributed by atoms with Gasteiger partial charge < -0.3 is 29.5 Å². The van der Waals surface area contributed by atoms with Crippen molar-refractivity contribution >= 4 is 45.5 Å². The quantitative estimate of drug-likeness (QED) is 0.157. The first kappa shape index (κ1) is 31.5. The van der Waals surface area contributed by atoms with Crippen molar-refractivity contribution < 1.29 is 28.3 Å². The van der Waals surface area contributed by atoms with Gasteiger partial charge in [0, 0.05) is 48.4 Å². The number of carboxylic acid groups (broad SMARTS) is 1. The van der Waals surface area contributed by atoms with Gasteiger partial charge in [-0.1, -0.05) is 42.5 Å². The summed E-state index contributed by atoms with van der Waals surface area (Å²) >= 11 is 0. The molecular weight excluding hydrogens is 588 g/mol. The number of oxazole rings is 1. The molecule has 1 aliphatic carbocycles. The summed E-state index contributed by atoms with van der Waals surface area (Å²) in [4.78, 5) is 56.6. The van der Waals surface area contributed by atoms with Gasteiger partial charge in [-0.25, -0.2) is 14.6 Å². The number of carboxylic acids is 1. The highest BCUT2D eigenvalue weighted by Crippen LogP contribution is 2.27. The third kappa shape index (κ3) is 7.39. The molecule has 2 aromatic heterocycles. The van der Waals surface area contributed by atoms with Crippen molar-refractivity contribution in [3.8, 4) is 11.5 Å². The first-order valence-electron chi connectivity index (χ1n) is 14.7. The summed E-state index contributed by atoms with van der Waals surface area (Å²) < 4.78 is 11.4. The number of aromatic nitrogens is 1. The average Bonchev–Trinajstić information content (AvgIpc) is 3.45. The second-order valence-corrected chi connectivity index (χ2v) is 10.3. The third-order valence-corrected chi connectivity index (χ3v) is 7.26. The van der Waals surface area contributed by atoms with Crippen LogP contribution in [0.25, 0.3) is 33.5 Å². The SMILES string of the molecule is CCN(CC)c1ccc2cc(-c3nc4cc(C(=O)NC(CNC(=O)/C=C/C5=C\C=C/C=C/C=C\5)C(=O)O)ccc4o3)c(=O)oc2c1. The lowest BCUT2D eigenvalue weighted by molar-refractivity contribution is -0.139. The van der Waals surface area contributed by atoms with Gasteiger partial charge in [0.05, 0.1) is 0 Å². The summed E-state index contributed by atoms with van der Waals surface area (Å²) in [5.74, 6) is -2.51. The van der Waals surface area contributed by atoms with Crippen molar-refractivity contribution in [3.05, 3.63) is 119 Å². The lowest BCUT2D eigenvalue weighted by atomic mass is 10.1. The third-order valence-electron chi connectivity index (χ3n) is 7.26. The number of amides is 2. The van der Waals surface area contributed by atoms with Crippen molar-refractivity contribution in [3.63, 3.8) is 0 Å². The molecule has 46 heavy (non-hydrogen) atoms. The van der Waals surface area contributed by atoms with Crippen LogP contribution < -0.4 is 21.2 Å². The van der Waals surface area contributed by atoms with Gasteiger partial charge in [-0.2, -0.15) is 0 Å². The Morgan fingerprint density at radius 3 is 2.52 bits per heavy atom. The molecule has 3 N–H and O–H groups in total. The monoisotopic (exact) mass is 620 g/mol. The van der Waals surface area contributed by atoms with E-state index in [4.69, 9.17) is 8.83 Å². The summed E-state index contributed by atoms with van der Waals surface area (Å²) in [7, 11) is 0. The van der Waals surface area contributed by atoms with Crippen LogP contribution in [0, 0.1) is 0 Å². The molecule has 11 nitrogen and oxygen atoms in total. The van der Waals surface area contributed by atoms with E-state index < -0.39 is 29.5 Å². The molecule has 4 aromatic rings.